The summed E-state index contributed by atoms with van der Waals surface area (Å²) in [6, 6.07) is 10.9. The molecule has 0 fully saturated rings. The molecule has 1 aromatic heterocycles. The number of aromatic nitrogens is 3. The fourth-order valence-corrected chi connectivity index (χ4v) is 2.98. The average Bonchev–Trinajstić information content (AvgIpc) is 3.12. The first kappa shape index (κ1) is 20.3. The van der Waals surface area contributed by atoms with Crippen LogP contribution in [-0.2, 0) is 6.18 Å². The minimum Gasteiger partial charge on any atom is -0.507 e. The third-order valence-corrected chi connectivity index (χ3v) is 4.46. The van der Waals surface area contributed by atoms with E-state index < -0.39 is 29.1 Å². The van der Waals surface area contributed by atoms with Crippen LogP contribution in [-0.4, -0.2) is 25.0 Å². The van der Waals surface area contributed by atoms with Gasteiger partial charge in [-0.3, -0.25) is 0 Å². The molecule has 2 N–H and O–H groups in total. The van der Waals surface area contributed by atoms with E-state index in [4.69, 9.17) is 0 Å². The van der Waals surface area contributed by atoms with Gasteiger partial charge in [-0.05, 0) is 42.5 Å². The van der Waals surface area contributed by atoms with Crippen molar-refractivity contribution in [1.29, 1.82) is 0 Å². The summed E-state index contributed by atoms with van der Waals surface area (Å²) in [6.45, 7) is 0. The molecule has 158 valence electrons. The second-order valence-corrected chi connectivity index (χ2v) is 6.51. The van der Waals surface area contributed by atoms with E-state index in [1.165, 1.54) is 12.1 Å². The molecule has 0 radical (unpaired) electrons. The fraction of sp³-hybridized carbons (Fsp3) is 0.0476. The zero-order valence-corrected chi connectivity index (χ0v) is 15.4. The topological polar surface area (TPSA) is 71.2 Å². The highest BCUT2D eigenvalue weighted by Gasteiger charge is 2.31. The fourth-order valence-electron chi connectivity index (χ4n) is 2.98. The number of benzene rings is 3. The van der Waals surface area contributed by atoms with Crippen LogP contribution in [0.15, 0.2) is 60.7 Å². The van der Waals surface area contributed by atoms with E-state index in [0.29, 0.717) is 12.1 Å². The second kappa shape index (κ2) is 7.38. The van der Waals surface area contributed by atoms with Gasteiger partial charge in [0.25, 0.3) is 0 Å². The lowest BCUT2D eigenvalue weighted by Gasteiger charge is -2.08. The van der Waals surface area contributed by atoms with Gasteiger partial charge in [-0.2, -0.15) is 13.2 Å². The highest BCUT2D eigenvalue weighted by atomic mass is 19.4. The number of alkyl halides is 3. The number of rotatable bonds is 3. The molecule has 0 unspecified atom stereocenters. The van der Waals surface area contributed by atoms with Crippen molar-refractivity contribution < 1.29 is 32.2 Å². The van der Waals surface area contributed by atoms with E-state index in [0.717, 1.165) is 28.9 Å². The molecular formula is C21H12F5N3O2. The molecule has 5 nitrogen and oxygen atoms in total. The Hall–Kier alpha value is -3.95. The van der Waals surface area contributed by atoms with Crippen molar-refractivity contribution in [2.45, 2.75) is 6.18 Å². The number of nitrogens with zero attached hydrogens (tertiary/aromatic N) is 3. The molecule has 31 heavy (non-hydrogen) atoms. The number of phenols is 2. The van der Waals surface area contributed by atoms with Gasteiger partial charge < -0.3 is 10.2 Å². The highest BCUT2D eigenvalue weighted by molar-refractivity contribution is 5.71. The van der Waals surface area contributed by atoms with Gasteiger partial charge in [-0.15, -0.1) is 5.10 Å². The molecule has 0 amide bonds. The summed E-state index contributed by atoms with van der Waals surface area (Å²) in [5, 5.41) is 24.4. The summed E-state index contributed by atoms with van der Waals surface area (Å²) in [4.78, 5) is 4.19. The molecule has 0 bridgehead atoms. The predicted molar refractivity (Wildman–Crippen MR) is 100 cm³/mol. The Kier molecular flexibility index (Phi) is 4.84. The Morgan fingerprint density at radius 3 is 2.19 bits per heavy atom. The Morgan fingerprint density at radius 1 is 0.806 bits per heavy atom. The van der Waals surface area contributed by atoms with E-state index in [9.17, 15) is 32.2 Å². The minimum absolute atomic E-state index is 0.0714. The van der Waals surface area contributed by atoms with Gasteiger partial charge in [0.05, 0.1) is 16.7 Å². The smallest absolute Gasteiger partial charge is 0.416 e. The molecule has 0 atom stereocenters. The summed E-state index contributed by atoms with van der Waals surface area (Å²) in [5.74, 6) is -3.07. The molecule has 0 spiro atoms. The van der Waals surface area contributed by atoms with Gasteiger partial charge in [-0.25, -0.2) is 18.4 Å². The van der Waals surface area contributed by atoms with Crippen LogP contribution in [0.2, 0.25) is 0 Å². The van der Waals surface area contributed by atoms with Gasteiger partial charge in [0.15, 0.2) is 17.5 Å². The summed E-state index contributed by atoms with van der Waals surface area (Å²) in [6.07, 6.45) is -4.67. The predicted octanol–water partition coefficient (Wildman–Crippen LogP) is 5.31. The zero-order valence-electron chi connectivity index (χ0n) is 15.4. The minimum atomic E-state index is -4.67. The third kappa shape index (κ3) is 3.79. The number of aromatic hydroxyl groups is 2. The van der Waals surface area contributed by atoms with Crippen molar-refractivity contribution in [3.8, 4) is 40.0 Å². The van der Waals surface area contributed by atoms with E-state index in [-0.39, 0.29) is 34.2 Å². The number of hydrogen-bond donors (Lipinski definition) is 2. The van der Waals surface area contributed by atoms with Crippen LogP contribution in [0.4, 0.5) is 22.0 Å². The van der Waals surface area contributed by atoms with Crippen LogP contribution in [0.25, 0.3) is 28.5 Å². The van der Waals surface area contributed by atoms with Crippen molar-refractivity contribution in [3.05, 3.63) is 77.9 Å². The van der Waals surface area contributed by atoms with Crippen LogP contribution < -0.4 is 0 Å². The summed E-state index contributed by atoms with van der Waals surface area (Å²) >= 11 is 0. The van der Waals surface area contributed by atoms with Crippen molar-refractivity contribution in [1.82, 2.24) is 14.8 Å². The Balaban J connectivity index is 1.93. The van der Waals surface area contributed by atoms with Crippen molar-refractivity contribution >= 4 is 0 Å². The standard InChI is InChI=1S/C21H12F5N3O2/c22-12-6-8-16(15(23)10-12)29-20(14-3-1-2-4-17(14)30)27-19(28-29)13-7-5-11(9-18(13)31)21(24,25)26/h1-10,30-31H. The summed E-state index contributed by atoms with van der Waals surface area (Å²) in [7, 11) is 0. The van der Waals surface area contributed by atoms with E-state index in [1.807, 2.05) is 0 Å². The van der Waals surface area contributed by atoms with Crippen LogP contribution in [0.3, 0.4) is 0 Å². The van der Waals surface area contributed by atoms with E-state index in [1.54, 1.807) is 12.1 Å². The SMILES string of the molecule is Oc1cc(C(F)(F)F)ccc1-c1nc(-c2ccccc2O)n(-c2ccc(F)cc2F)n1. The number of para-hydroxylation sites is 1. The van der Waals surface area contributed by atoms with Crippen LogP contribution >= 0.6 is 0 Å². The first-order valence-corrected chi connectivity index (χ1v) is 8.76. The lowest BCUT2D eigenvalue weighted by Crippen LogP contribution is -2.04. The first-order valence-electron chi connectivity index (χ1n) is 8.76. The zero-order chi connectivity index (χ0) is 22.3. The molecule has 0 aliphatic carbocycles. The lowest BCUT2D eigenvalue weighted by molar-refractivity contribution is -0.137. The second-order valence-electron chi connectivity index (χ2n) is 6.51. The van der Waals surface area contributed by atoms with Crippen LogP contribution in [0.1, 0.15) is 5.56 Å². The molecule has 0 aliphatic rings. The van der Waals surface area contributed by atoms with Gasteiger partial charge in [-0.1, -0.05) is 12.1 Å². The Labute approximate surface area is 171 Å². The van der Waals surface area contributed by atoms with Crippen molar-refractivity contribution in [2.24, 2.45) is 0 Å². The maximum Gasteiger partial charge on any atom is 0.416 e. The monoisotopic (exact) mass is 433 g/mol. The van der Waals surface area contributed by atoms with E-state index >= 15 is 0 Å². The van der Waals surface area contributed by atoms with E-state index in [2.05, 4.69) is 10.1 Å². The Morgan fingerprint density at radius 2 is 1.55 bits per heavy atom. The van der Waals surface area contributed by atoms with Crippen LogP contribution in [0.5, 0.6) is 11.5 Å². The number of phenolic OH excluding ortho intramolecular Hbond substituents is 2. The van der Waals surface area contributed by atoms with Gasteiger partial charge in [0.1, 0.15) is 23.0 Å². The Bertz CT molecular complexity index is 1280. The lowest BCUT2D eigenvalue weighted by atomic mass is 10.1. The molecule has 0 saturated carbocycles. The average molecular weight is 433 g/mol. The quantitative estimate of drug-likeness (QED) is 0.430. The van der Waals surface area contributed by atoms with Crippen molar-refractivity contribution in [2.75, 3.05) is 0 Å². The van der Waals surface area contributed by atoms with Gasteiger partial charge in [0.2, 0.25) is 0 Å². The molecular weight excluding hydrogens is 421 g/mol. The third-order valence-electron chi connectivity index (χ3n) is 4.46. The summed E-state index contributed by atoms with van der Waals surface area (Å²) in [5.41, 5.74) is -1.30. The molecule has 1 heterocycles. The van der Waals surface area contributed by atoms with Gasteiger partial charge in [0, 0.05) is 6.07 Å². The van der Waals surface area contributed by atoms with Gasteiger partial charge >= 0.3 is 6.18 Å². The maximum absolute atomic E-state index is 14.4. The highest BCUT2D eigenvalue weighted by Crippen LogP contribution is 2.37. The maximum atomic E-state index is 14.4. The summed E-state index contributed by atoms with van der Waals surface area (Å²) < 4.78 is 67.4. The molecule has 0 aliphatic heterocycles. The molecule has 3 aromatic carbocycles. The molecule has 4 aromatic rings. The normalized spacial score (nSPS) is 11.6. The molecule has 10 heteroatoms. The number of halogens is 5. The first-order chi connectivity index (χ1) is 14.6. The largest absolute Gasteiger partial charge is 0.507 e. The molecule has 4 rings (SSSR count). The van der Waals surface area contributed by atoms with Crippen LogP contribution in [0, 0.1) is 11.6 Å². The molecule has 0 saturated heterocycles. The number of hydrogen-bond acceptors (Lipinski definition) is 4. The van der Waals surface area contributed by atoms with Crippen molar-refractivity contribution in [3.63, 3.8) is 0 Å².